The van der Waals surface area contributed by atoms with Gasteiger partial charge in [0.1, 0.15) is 0 Å². The van der Waals surface area contributed by atoms with Crippen LogP contribution in [0.5, 0.6) is 0 Å². The van der Waals surface area contributed by atoms with Crippen molar-refractivity contribution in [3.63, 3.8) is 0 Å². The summed E-state index contributed by atoms with van der Waals surface area (Å²) < 4.78 is 0. The van der Waals surface area contributed by atoms with Gasteiger partial charge in [-0.3, -0.25) is 4.79 Å². The van der Waals surface area contributed by atoms with E-state index in [0.717, 1.165) is 12.1 Å². The van der Waals surface area contributed by atoms with E-state index in [1.807, 2.05) is 6.92 Å². The predicted octanol–water partition coefficient (Wildman–Crippen LogP) is 2.01. The number of hydrogen-bond donors (Lipinski definition) is 2. The van der Waals surface area contributed by atoms with Gasteiger partial charge in [0.2, 0.25) is 5.91 Å². The average Bonchev–Trinajstić information content (AvgIpc) is 2.09. The third kappa shape index (κ3) is 3.15. The molecule has 13 heavy (non-hydrogen) atoms. The number of carbonyl (C=O) groups excluding carboxylic acids is 1. The van der Waals surface area contributed by atoms with E-state index in [2.05, 4.69) is 5.32 Å². The maximum atomic E-state index is 11.2. The van der Waals surface area contributed by atoms with Crippen LogP contribution in [0.3, 0.4) is 0 Å². The minimum absolute atomic E-state index is 0.0484. The number of rotatable bonds is 3. The molecule has 1 amide bonds. The minimum atomic E-state index is 0.0484. The molecule has 0 aromatic heterocycles. The standard InChI is InChI=1S/C10H14N2O/c1-2-3-10(13)12-9-6-4-8(11)5-7-9/h4-7H,2-3,11H2,1H3,(H,12,13). The summed E-state index contributed by atoms with van der Waals surface area (Å²) in [6.07, 6.45) is 1.42. The van der Waals surface area contributed by atoms with Crippen LogP contribution in [0.1, 0.15) is 19.8 Å². The molecule has 1 rings (SSSR count). The molecular weight excluding hydrogens is 164 g/mol. The lowest BCUT2D eigenvalue weighted by Crippen LogP contribution is -2.10. The highest BCUT2D eigenvalue weighted by atomic mass is 16.1. The molecule has 0 spiro atoms. The van der Waals surface area contributed by atoms with Crippen LogP contribution < -0.4 is 11.1 Å². The van der Waals surface area contributed by atoms with Crippen LogP contribution >= 0.6 is 0 Å². The predicted molar refractivity (Wildman–Crippen MR) is 54.4 cm³/mol. The molecule has 70 valence electrons. The maximum absolute atomic E-state index is 11.2. The fourth-order valence-corrected chi connectivity index (χ4v) is 1.02. The molecule has 0 heterocycles. The van der Waals surface area contributed by atoms with E-state index >= 15 is 0 Å². The largest absolute Gasteiger partial charge is 0.399 e. The summed E-state index contributed by atoms with van der Waals surface area (Å²) in [4.78, 5) is 11.2. The third-order valence-electron chi connectivity index (χ3n) is 1.67. The Morgan fingerprint density at radius 1 is 1.38 bits per heavy atom. The Labute approximate surface area is 77.9 Å². The van der Waals surface area contributed by atoms with Gasteiger partial charge in [0.05, 0.1) is 0 Å². The molecule has 0 radical (unpaired) electrons. The second kappa shape index (κ2) is 4.50. The zero-order valence-corrected chi connectivity index (χ0v) is 7.71. The highest BCUT2D eigenvalue weighted by Crippen LogP contribution is 2.10. The number of nitrogens with two attached hydrogens (primary N) is 1. The SMILES string of the molecule is CCCC(=O)Nc1ccc(N)cc1. The molecule has 0 atom stereocenters. The minimum Gasteiger partial charge on any atom is -0.399 e. The van der Waals surface area contributed by atoms with E-state index in [1.165, 1.54) is 0 Å². The molecule has 1 aromatic carbocycles. The lowest BCUT2D eigenvalue weighted by Gasteiger charge is -2.03. The molecule has 3 nitrogen and oxygen atoms in total. The Balaban J connectivity index is 2.54. The second-order valence-corrected chi connectivity index (χ2v) is 2.92. The Morgan fingerprint density at radius 3 is 2.54 bits per heavy atom. The number of nitrogen functional groups attached to an aromatic ring is 1. The van der Waals surface area contributed by atoms with E-state index in [4.69, 9.17) is 5.73 Å². The number of carbonyl (C=O) groups is 1. The van der Waals surface area contributed by atoms with Gasteiger partial charge in [0, 0.05) is 17.8 Å². The van der Waals surface area contributed by atoms with Crippen molar-refractivity contribution in [2.75, 3.05) is 11.1 Å². The lowest BCUT2D eigenvalue weighted by molar-refractivity contribution is -0.116. The van der Waals surface area contributed by atoms with Crippen molar-refractivity contribution in [3.05, 3.63) is 24.3 Å². The topological polar surface area (TPSA) is 55.1 Å². The summed E-state index contributed by atoms with van der Waals surface area (Å²) in [5.41, 5.74) is 7.00. The monoisotopic (exact) mass is 178 g/mol. The molecule has 0 unspecified atom stereocenters. The van der Waals surface area contributed by atoms with E-state index < -0.39 is 0 Å². The summed E-state index contributed by atoms with van der Waals surface area (Å²) in [6.45, 7) is 1.97. The Morgan fingerprint density at radius 2 is 2.00 bits per heavy atom. The van der Waals surface area contributed by atoms with Crippen molar-refractivity contribution in [2.45, 2.75) is 19.8 Å². The molecule has 0 aliphatic carbocycles. The molecule has 0 bridgehead atoms. The molecule has 1 aromatic rings. The van der Waals surface area contributed by atoms with Crippen LogP contribution in [-0.2, 0) is 4.79 Å². The molecule has 3 N–H and O–H groups in total. The first-order valence-corrected chi connectivity index (χ1v) is 4.37. The van der Waals surface area contributed by atoms with Gasteiger partial charge < -0.3 is 11.1 Å². The van der Waals surface area contributed by atoms with Gasteiger partial charge in [-0.05, 0) is 30.7 Å². The van der Waals surface area contributed by atoms with Gasteiger partial charge in [0.15, 0.2) is 0 Å². The zero-order chi connectivity index (χ0) is 9.68. The summed E-state index contributed by atoms with van der Waals surface area (Å²) >= 11 is 0. The molecular formula is C10H14N2O. The van der Waals surface area contributed by atoms with Gasteiger partial charge in [-0.2, -0.15) is 0 Å². The fourth-order valence-electron chi connectivity index (χ4n) is 1.02. The zero-order valence-electron chi connectivity index (χ0n) is 7.71. The summed E-state index contributed by atoms with van der Waals surface area (Å²) in [7, 11) is 0. The molecule has 0 fully saturated rings. The lowest BCUT2D eigenvalue weighted by atomic mass is 10.2. The van der Waals surface area contributed by atoms with Gasteiger partial charge >= 0.3 is 0 Å². The van der Waals surface area contributed by atoms with Gasteiger partial charge in [0.25, 0.3) is 0 Å². The summed E-state index contributed by atoms with van der Waals surface area (Å²) in [5, 5.41) is 2.78. The van der Waals surface area contributed by atoms with Gasteiger partial charge in [-0.1, -0.05) is 6.92 Å². The first kappa shape index (κ1) is 9.58. The first-order valence-electron chi connectivity index (χ1n) is 4.37. The first-order chi connectivity index (χ1) is 6.22. The van der Waals surface area contributed by atoms with Crippen LogP contribution in [0.15, 0.2) is 24.3 Å². The molecule has 0 aliphatic rings. The van der Waals surface area contributed by atoms with Crippen LogP contribution in [0.25, 0.3) is 0 Å². The normalized spacial score (nSPS) is 9.62. The van der Waals surface area contributed by atoms with Crippen molar-refractivity contribution in [1.29, 1.82) is 0 Å². The Hall–Kier alpha value is -1.51. The van der Waals surface area contributed by atoms with Crippen molar-refractivity contribution in [3.8, 4) is 0 Å². The highest BCUT2D eigenvalue weighted by Gasteiger charge is 1.99. The highest BCUT2D eigenvalue weighted by molar-refractivity contribution is 5.90. The van der Waals surface area contributed by atoms with E-state index in [9.17, 15) is 4.79 Å². The van der Waals surface area contributed by atoms with E-state index in [-0.39, 0.29) is 5.91 Å². The van der Waals surface area contributed by atoms with Crippen molar-refractivity contribution in [2.24, 2.45) is 0 Å². The fraction of sp³-hybridized carbons (Fsp3) is 0.300. The maximum Gasteiger partial charge on any atom is 0.224 e. The van der Waals surface area contributed by atoms with Gasteiger partial charge in [-0.15, -0.1) is 0 Å². The molecule has 0 saturated heterocycles. The number of amides is 1. The van der Waals surface area contributed by atoms with Crippen LogP contribution in [0.2, 0.25) is 0 Å². The van der Waals surface area contributed by atoms with Crippen molar-refractivity contribution < 1.29 is 4.79 Å². The van der Waals surface area contributed by atoms with Crippen LogP contribution in [0, 0.1) is 0 Å². The van der Waals surface area contributed by atoms with E-state index in [0.29, 0.717) is 12.1 Å². The van der Waals surface area contributed by atoms with Crippen LogP contribution in [-0.4, -0.2) is 5.91 Å². The van der Waals surface area contributed by atoms with Crippen molar-refractivity contribution >= 4 is 17.3 Å². The van der Waals surface area contributed by atoms with Crippen molar-refractivity contribution in [1.82, 2.24) is 0 Å². The molecule has 3 heteroatoms. The Bertz CT molecular complexity index is 279. The molecule has 0 aliphatic heterocycles. The van der Waals surface area contributed by atoms with Gasteiger partial charge in [-0.25, -0.2) is 0 Å². The van der Waals surface area contributed by atoms with Crippen LogP contribution in [0.4, 0.5) is 11.4 Å². The number of nitrogens with one attached hydrogen (secondary N) is 1. The quantitative estimate of drug-likeness (QED) is 0.695. The number of hydrogen-bond acceptors (Lipinski definition) is 2. The average molecular weight is 178 g/mol. The number of benzene rings is 1. The summed E-state index contributed by atoms with van der Waals surface area (Å²) in [5.74, 6) is 0.0484. The molecule has 0 saturated carbocycles. The Kier molecular flexibility index (Phi) is 3.31. The summed E-state index contributed by atoms with van der Waals surface area (Å²) in [6, 6.07) is 7.12. The third-order valence-corrected chi connectivity index (χ3v) is 1.67. The second-order valence-electron chi connectivity index (χ2n) is 2.92. The number of anilines is 2. The van der Waals surface area contributed by atoms with E-state index in [1.54, 1.807) is 24.3 Å². The smallest absolute Gasteiger partial charge is 0.224 e.